The molecule has 2 heterocycles. The Labute approximate surface area is 252 Å². The fourth-order valence-corrected chi connectivity index (χ4v) is 6.41. The Kier molecular flexibility index (Phi) is 8.80. The van der Waals surface area contributed by atoms with Crippen molar-refractivity contribution >= 4 is 29.1 Å². The van der Waals surface area contributed by atoms with Crippen LogP contribution >= 0.6 is 11.6 Å². The van der Waals surface area contributed by atoms with E-state index in [1.807, 2.05) is 43.3 Å². The number of anilines is 1. The second kappa shape index (κ2) is 12.5. The van der Waals surface area contributed by atoms with Crippen LogP contribution < -0.4 is 10.1 Å². The maximum absolute atomic E-state index is 13.1. The SMILES string of the molecule is C=C/C=C(/C(=O)Nc1cccc(-c2cccc(-c3cc4c(c(OC)n3)C(N3CCCC3)CC4)c2Cl)c1C)C(=O)N(C)C. The molecular formula is C34H37ClN4O3. The van der Waals surface area contributed by atoms with Crippen LogP contribution in [-0.2, 0) is 16.0 Å². The number of amides is 2. The molecule has 1 unspecified atom stereocenters. The van der Waals surface area contributed by atoms with Gasteiger partial charge in [-0.3, -0.25) is 14.5 Å². The maximum Gasteiger partial charge on any atom is 0.261 e. The summed E-state index contributed by atoms with van der Waals surface area (Å²) >= 11 is 7.11. The van der Waals surface area contributed by atoms with Gasteiger partial charge in [0, 0.05) is 42.5 Å². The smallest absolute Gasteiger partial charge is 0.261 e. The summed E-state index contributed by atoms with van der Waals surface area (Å²) in [6, 6.07) is 14.1. The van der Waals surface area contributed by atoms with Gasteiger partial charge in [0.2, 0.25) is 5.88 Å². The van der Waals surface area contributed by atoms with E-state index in [1.54, 1.807) is 21.2 Å². The minimum absolute atomic E-state index is 0.00318. The molecule has 1 aromatic heterocycles. The third-order valence-electron chi connectivity index (χ3n) is 8.22. The van der Waals surface area contributed by atoms with Gasteiger partial charge in [-0.25, -0.2) is 4.98 Å². The van der Waals surface area contributed by atoms with Gasteiger partial charge >= 0.3 is 0 Å². The number of carbonyl (C=O) groups is 2. The minimum atomic E-state index is -0.504. The summed E-state index contributed by atoms with van der Waals surface area (Å²) in [6.07, 6.45) is 7.40. The van der Waals surface area contributed by atoms with Gasteiger partial charge in [-0.15, -0.1) is 0 Å². The number of nitrogens with zero attached hydrogens (tertiary/aromatic N) is 3. The molecule has 7 nitrogen and oxygen atoms in total. The molecule has 1 fully saturated rings. The number of halogens is 1. The predicted molar refractivity (Wildman–Crippen MR) is 169 cm³/mol. The number of aryl methyl sites for hydroxylation is 1. The van der Waals surface area contributed by atoms with E-state index in [1.165, 1.54) is 41.0 Å². The van der Waals surface area contributed by atoms with Crippen LogP contribution in [-0.4, -0.2) is 60.9 Å². The Morgan fingerprint density at radius 3 is 2.50 bits per heavy atom. The average molecular weight is 585 g/mol. The summed E-state index contributed by atoms with van der Waals surface area (Å²) in [6.45, 7) is 7.81. The Hall–Kier alpha value is -3.94. The molecule has 5 rings (SSSR count). The van der Waals surface area contributed by atoms with E-state index in [0.29, 0.717) is 22.6 Å². The monoisotopic (exact) mass is 584 g/mol. The van der Waals surface area contributed by atoms with E-state index < -0.39 is 11.8 Å². The first-order chi connectivity index (χ1) is 20.2. The van der Waals surface area contributed by atoms with E-state index >= 15 is 0 Å². The molecule has 1 N–H and O–H groups in total. The second-order valence-electron chi connectivity index (χ2n) is 11.0. The second-order valence-corrected chi connectivity index (χ2v) is 11.4. The molecular weight excluding hydrogens is 548 g/mol. The molecule has 1 aliphatic heterocycles. The highest BCUT2D eigenvalue weighted by Crippen LogP contribution is 2.45. The van der Waals surface area contributed by atoms with E-state index in [2.05, 4.69) is 22.9 Å². The van der Waals surface area contributed by atoms with Crippen molar-refractivity contribution < 1.29 is 14.3 Å². The number of carbonyl (C=O) groups excluding carboxylic acids is 2. The molecule has 1 saturated heterocycles. The number of methoxy groups -OCH3 is 1. The summed E-state index contributed by atoms with van der Waals surface area (Å²) in [5, 5.41) is 3.47. The molecule has 42 heavy (non-hydrogen) atoms. The third kappa shape index (κ3) is 5.59. The lowest BCUT2D eigenvalue weighted by Gasteiger charge is -2.25. The van der Waals surface area contributed by atoms with Crippen LogP contribution in [0, 0.1) is 6.92 Å². The fourth-order valence-electron chi connectivity index (χ4n) is 6.09. The van der Waals surface area contributed by atoms with Crippen molar-refractivity contribution in [2.45, 2.75) is 38.6 Å². The summed E-state index contributed by atoms with van der Waals surface area (Å²) in [5.74, 6) is -0.230. The number of allylic oxidation sites excluding steroid dienone is 2. The molecule has 0 radical (unpaired) electrons. The zero-order valence-corrected chi connectivity index (χ0v) is 25.4. The van der Waals surface area contributed by atoms with Crippen LogP contribution in [0.15, 0.2) is 66.8 Å². The highest BCUT2D eigenvalue weighted by molar-refractivity contribution is 6.36. The van der Waals surface area contributed by atoms with Gasteiger partial charge in [0.05, 0.1) is 17.8 Å². The predicted octanol–water partition coefficient (Wildman–Crippen LogP) is 6.61. The molecule has 2 amide bonds. The molecule has 1 aliphatic carbocycles. The molecule has 2 aromatic carbocycles. The standard InChI is InChI=1S/C34H37ClN4O3/c1-6-11-26(34(41)38(3)4)32(40)36-27-15-10-12-23(21(27)2)24-13-9-14-25(31(24)35)28-20-22-16-17-29(39-18-7-8-19-39)30(22)33(37-28)42-5/h6,9-15,20,29H,1,7-8,16-19H2,2-5H3,(H,36,40)/b26-11-. The van der Waals surface area contributed by atoms with Gasteiger partial charge in [0.15, 0.2) is 0 Å². The third-order valence-corrected chi connectivity index (χ3v) is 8.62. The lowest BCUT2D eigenvalue weighted by Crippen LogP contribution is -2.30. The van der Waals surface area contributed by atoms with Crippen LogP contribution in [0.5, 0.6) is 5.88 Å². The van der Waals surface area contributed by atoms with Crippen LogP contribution in [0.2, 0.25) is 5.02 Å². The van der Waals surface area contributed by atoms with Crippen molar-refractivity contribution in [2.24, 2.45) is 0 Å². The quantitative estimate of drug-likeness (QED) is 0.140. The Bertz CT molecular complexity index is 1570. The van der Waals surface area contributed by atoms with Gasteiger partial charge in [0.25, 0.3) is 11.8 Å². The van der Waals surface area contributed by atoms with Crippen molar-refractivity contribution in [3.05, 3.63) is 88.5 Å². The summed E-state index contributed by atoms with van der Waals surface area (Å²) in [7, 11) is 4.89. The van der Waals surface area contributed by atoms with E-state index in [0.717, 1.165) is 53.9 Å². The molecule has 0 saturated carbocycles. The van der Waals surface area contributed by atoms with E-state index in [4.69, 9.17) is 21.3 Å². The van der Waals surface area contributed by atoms with Crippen LogP contribution in [0.4, 0.5) is 5.69 Å². The minimum Gasteiger partial charge on any atom is -0.481 e. The number of benzene rings is 2. The number of rotatable bonds is 8. The molecule has 0 spiro atoms. The zero-order valence-electron chi connectivity index (χ0n) is 24.7. The first-order valence-electron chi connectivity index (χ1n) is 14.3. The lowest BCUT2D eigenvalue weighted by molar-refractivity contribution is -0.127. The number of hydrogen-bond donors (Lipinski definition) is 1. The van der Waals surface area contributed by atoms with Crippen molar-refractivity contribution in [3.8, 4) is 28.3 Å². The first kappa shape index (κ1) is 29.5. The Balaban J connectivity index is 1.49. The highest BCUT2D eigenvalue weighted by atomic mass is 35.5. The number of pyridine rings is 1. The molecule has 3 aromatic rings. The molecule has 8 heteroatoms. The number of ether oxygens (including phenoxy) is 1. The lowest BCUT2D eigenvalue weighted by atomic mass is 9.96. The largest absolute Gasteiger partial charge is 0.481 e. The summed E-state index contributed by atoms with van der Waals surface area (Å²) in [5.41, 5.74) is 7.20. The van der Waals surface area contributed by atoms with Gasteiger partial charge in [0.1, 0.15) is 5.57 Å². The zero-order chi connectivity index (χ0) is 30.0. The van der Waals surface area contributed by atoms with Crippen LogP contribution in [0.1, 0.15) is 42.0 Å². The summed E-state index contributed by atoms with van der Waals surface area (Å²) < 4.78 is 5.84. The van der Waals surface area contributed by atoms with Gasteiger partial charge in [-0.1, -0.05) is 54.6 Å². The average Bonchev–Trinajstić information content (AvgIpc) is 3.66. The van der Waals surface area contributed by atoms with Crippen molar-refractivity contribution in [3.63, 3.8) is 0 Å². The molecule has 1 atom stereocenters. The number of aromatic nitrogens is 1. The summed E-state index contributed by atoms with van der Waals surface area (Å²) in [4.78, 5) is 34.5. The first-order valence-corrected chi connectivity index (χ1v) is 14.7. The molecule has 2 aliphatic rings. The number of fused-ring (bicyclic) bond motifs is 1. The van der Waals surface area contributed by atoms with Gasteiger partial charge < -0.3 is 15.0 Å². The van der Waals surface area contributed by atoms with E-state index in [9.17, 15) is 9.59 Å². The molecule has 218 valence electrons. The number of likely N-dealkylation sites (N-methyl/N-ethyl adjacent to an activating group) is 1. The van der Waals surface area contributed by atoms with Gasteiger partial charge in [-0.2, -0.15) is 0 Å². The van der Waals surface area contributed by atoms with Crippen molar-refractivity contribution in [1.29, 1.82) is 0 Å². The highest BCUT2D eigenvalue weighted by Gasteiger charge is 2.34. The normalized spacial score (nSPS) is 16.7. The Morgan fingerprint density at radius 1 is 1.12 bits per heavy atom. The van der Waals surface area contributed by atoms with E-state index in [-0.39, 0.29) is 5.57 Å². The molecule has 0 bridgehead atoms. The number of likely N-dealkylation sites (tertiary alicyclic amines) is 1. The van der Waals surface area contributed by atoms with Crippen molar-refractivity contribution in [1.82, 2.24) is 14.8 Å². The number of nitrogens with one attached hydrogen (secondary N) is 1. The van der Waals surface area contributed by atoms with Gasteiger partial charge in [-0.05, 0) is 80.6 Å². The van der Waals surface area contributed by atoms with Crippen LogP contribution in [0.25, 0.3) is 22.4 Å². The topological polar surface area (TPSA) is 74.8 Å². The number of hydrogen-bond acceptors (Lipinski definition) is 5. The Morgan fingerprint density at radius 2 is 1.81 bits per heavy atom. The fraction of sp³-hybridized carbons (Fsp3) is 0.324. The van der Waals surface area contributed by atoms with Crippen LogP contribution in [0.3, 0.4) is 0 Å². The maximum atomic E-state index is 13.1. The van der Waals surface area contributed by atoms with Crippen molar-refractivity contribution in [2.75, 3.05) is 39.6 Å².